The van der Waals surface area contributed by atoms with Gasteiger partial charge in [0.1, 0.15) is 0 Å². The zero-order valence-corrected chi connectivity index (χ0v) is 17.7. The number of rotatable bonds is 10. The van der Waals surface area contributed by atoms with Crippen molar-refractivity contribution in [2.45, 2.75) is 20.3 Å². The summed E-state index contributed by atoms with van der Waals surface area (Å²) in [4.78, 5) is 18.2. The Balaban J connectivity index is 0. The minimum Gasteiger partial charge on any atom is -0.385 e. The first-order valence-corrected chi connectivity index (χ1v) is 7.71. The summed E-state index contributed by atoms with van der Waals surface area (Å²) >= 11 is 0. The molecule has 0 fully saturated rings. The SMILES string of the molecule is CN=C(NCCN(C)CCCOC)NCC(C)(C)C(=O)NC.I. The van der Waals surface area contributed by atoms with Crippen molar-refractivity contribution in [3.8, 4) is 0 Å². The highest BCUT2D eigenvalue weighted by molar-refractivity contribution is 14.0. The van der Waals surface area contributed by atoms with Crippen molar-refractivity contribution < 1.29 is 9.53 Å². The Labute approximate surface area is 158 Å². The number of amides is 1. The van der Waals surface area contributed by atoms with Gasteiger partial charge in [-0.2, -0.15) is 0 Å². The van der Waals surface area contributed by atoms with Gasteiger partial charge in [0.2, 0.25) is 5.91 Å². The van der Waals surface area contributed by atoms with Crippen molar-refractivity contribution in [1.29, 1.82) is 0 Å². The molecule has 0 aromatic heterocycles. The van der Waals surface area contributed by atoms with Crippen molar-refractivity contribution in [2.24, 2.45) is 10.4 Å². The van der Waals surface area contributed by atoms with E-state index in [2.05, 4.69) is 32.9 Å². The third kappa shape index (κ3) is 11.5. The van der Waals surface area contributed by atoms with Gasteiger partial charge in [-0.25, -0.2) is 0 Å². The van der Waals surface area contributed by atoms with Gasteiger partial charge in [0.25, 0.3) is 0 Å². The number of nitrogens with one attached hydrogen (secondary N) is 3. The van der Waals surface area contributed by atoms with Crippen LogP contribution >= 0.6 is 24.0 Å². The van der Waals surface area contributed by atoms with Crippen LogP contribution < -0.4 is 16.0 Å². The van der Waals surface area contributed by atoms with E-state index < -0.39 is 5.41 Å². The number of likely N-dealkylation sites (N-methyl/N-ethyl adjacent to an activating group) is 1. The fraction of sp³-hybridized carbons (Fsp3) is 0.867. The lowest BCUT2D eigenvalue weighted by Crippen LogP contribution is -2.48. The maximum absolute atomic E-state index is 11.7. The van der Waals surface area contributed by atoms with Crippen LogP contribution in [0.3, 0.4) is 0 Å². The lowest BCUT2D eigenvalue weighted by Gasteiger charge is -2.24. The normalized spacial score (nSPS) is 11.9. The average molecular weight is 443 g/mol. The second-order valence-electron chi connectivity index (χ2n) is 5.97. The molecular formula is C15H34IN5O2. The summed E-state index contributed by atoms with van der Waals surface area (Å²) < 4.78 is 5.04. The van der Waals surface area contributed by atoms with Crippen LogP contribution in [-0.2, 0) is 9.53 Å². The van der Waals surface area contributed by atoms with Crippen LogP contribution in [0.5, 0.6) is 0 Å². The molecule has 0 saturated heterocycles. The first-order valence-electron chi connectivity index (χ1n) is 7.71. The number of carbonyl (C=O) groups is 1. The molecule has 0 spiro atoms. The summed E-state index contributed by atoms with van der Waals surface area (Å²) in [5.74, 6) is 0.718. The van der Waals surface area contributed by atoms with Crippen molar-refractivity contribution in [2.75, 3.05) is 61.0 Å². The van der Waals surface area contributed by atoms with E-state index in [0.717, 1.165) is 32.7 Å². The Morgan fingerprint density at radius 1 is 1.26 bits per heavy atom. The third-order valence-electron chi connectivity index (χ3n) is 3.44. The van der Waals surface area contributed by atoms with E-state index in [9.17, 15) is 4.79 Å². The fourth-order valence-electron chi connectivity index (χ4n) is 1.90. The van der Waals surface area contributed by atoms with Crippen molar-refractivity contribution in [3.63, 3.8) is 0 Å². The predicted molar refractivity (Wildman–Crippen MR) is 107 cm³/mol. The number of guanidine groups is 1. The molecule has 0 saturated carbocycles. The molecule has 23 heavy (non-hydrogen) atoms. The number of aliphatic imine (C=N–C) groups is 1. The van der Waals surface area contributed by atoms with Gasteiger partial charge in [0.15, 0.2) is 5.96 Å². The van der Waals surface area contributed by atoms with Crippen molar-refractivity contribution >= 4 is 35.8 Å². The van der Waals surface area contributed by atoms with Gasteiger partial charge in [-0.3, -0.25) is 9.79 Å². The molecule has 0 aromatic rings. The molecule has 0 aromatic carbocycles. The minimum absolute atomic E-state index is 0. The minimum atomic E-state index is -0.483. The summed E-state index contributed by atoms with van der Waals surface area (Å²) in [5.41, 5.74) is -0.483. The molecule has 0 heterocycles. The molecule has 0 aliphatic heterocycles. The Bertz CT molecular complexity index is 351. The van der Waals surface area contributed by atoms with E-state index >= 15 is 0 Å². The molecule has 0 radical (unpaired) electrons. The molecule has 0 atom stereocenters. The number of methoxy groups -OCH3 is 1. The second-order valence-corrected chi connectivity index (χ2v) is 5.97. The van der Waals surface area contributed by atoms with Crippen LogP contribution in [0.1, 0.15) is 20.3 Å². The van der Waals surface area contributed by atoms with E-state index in [4.69, 9.17) is 4.74 Å². The van der Waals surface area contributed by atoms with Gasteiger partial charge >= 0.3 is 0 Å². The monoisotopic (exact) mass is 443 g/mol. The Kier molecular flexibility index (Phi) is 14.8. The van der Waals surface area contributed by atoms with Crippen LogP contribution in [0.25, 0.3) is 0 Å². The van der Waals surface area contributed by atoms with Gasteiger partial charge in [-0.15, -0.1) is 24.0 Å². The second kappa shape index (κ2) is 13.8. The third-order valence-corrected chi connectivity index (χ3v) is 3.44. The van der Waals surface area contributed by atoms with Crippen LogP contribution in [0.4, 0.5) is 0 Å². The average Bonchev–Trinajstić information content (AvgIpc) is 2.49. The Morgan fingerprint density at radius 3 is 2.43 bits per heavy atom. The first-order chi connectivity index (χ1) is 10.4. The standard InChI is InChI=1S/C15H33N5O2.HI/c1-15(2,13(21)16-3)12-19-14(17-4)18-8-10-20(5)9-7-11-22-6;/h7-12H2,1-6H3,(H,16,21)(H2,17,18,19);1H. The fourth-order valence-corrected chi connectivity index (χ4v) is 1.90. The molecule has 1 amide bonds. The summed E-state index contributed by atoms with van der Waals surface area (Å²) in [6, 6.07) is 0. The summed E-state index contributed by atoms with van der Waals surface area (Å²) in [6.07, 6.45) is 1.03. The van der Waals surface area contributed by atoms with Crippen LogP contribution in [0.2, 0.25) is 0 Å². The molecule has 0 unspecified atom stereocenters. The predicted octanol–water partition coefficient (Wildman–Crippen LogP) is 0.510. The molecule has 0 rings (SSSR count). The van der Waals surface area contributed by atoms with Crippen molar-refractivity contribution in [1.82, 2.24) is 20.9 Å². The highest BCUT2D eigenvalue weighted by Crippen LogP contribution is 2.12. The van der Waals surface area contributed by atoms with Gasteiger partial charge < -0.3 is 25.6 Å². The summed E-state index contributed by atoms with van der Waals surface area (Å²) in [6.45, 7) is 7.83. The number of ether oxygens (including phenoxy) is 1. The van der Waals surface area contributed by atoms with Crippen LogP contribution in [-0.4, -0.2) is 77.8 Å². The highest BCUT2D eigenvalue weighted by atomic mass is 127. The highest BCUT2D eigenvalue weighted by Gasteiger charge is 2.26. The number of carbonyl (C=O) groups excluding carboxylic acids is 1. The van der Waals surface area contributed by atoms with E-state index in [1.54, 1.807) is 21.2 Å². The largest absolute Gasteiger partial charge is 0.385 e. The van der Waals surface area contributed by atoms with Gasteiger partial charge in [-0.1, -0.05) is 0 Å². The lowest BCUT2D eigenvalue weighted by molar-refractivity contribution is -0.128. The van der Waals surface area contributed by atoms with Gasteiger partial charge in [0.05, 0.1) is 5.41 Å². The zero-order chi connectivity index (χ0) is 17.0. The Morgan fingerprint density at radius 2 is 1.91 bits per heavy atom. The molecule has 7 nitrogen and oxygen atoms in total. The van der Waals surface area contributed by atoms with E-state index in [0.29, 0.717) is 12.5 Å². The Hall–Kier alpha value is -0.610. The smallest absolute Gasteiger partial charge is 0.227 e. The van der Waals surface area contributed by atoms with Crippen LogP contribution in [0.15, 0.2) is 4.99 Å². The number of hydrogen-bond donors (Lipinski definition) is 3. The number of halogens is 1. The maximum atomic E-state index is 11.7. The van der Waals surface area contributed by atoms with E-state index in [-0.39, 0.29) is 29.9 Å². The molecule has 138 valence electrons. The first kappa shape index (κ1) is 24.6. The molecule has 3 N–H and O–H groups in total. The van der Waals surface area contributed by atoms with E-state index in [1.807, 2.05) is 13.8 Å². The number of nitrogens with zero attached hydrogens (tertiary/aromatic N) is 2. The van der Waals surface area contributed by atoms with E-state index in [1.165, 1.54) is 0 Å². The van der Waals surface area contributed by atoms with Crippen LogP contribution in [0, 0.1) is 5.41 Å². The molecule has 0 aliphatic rings. The molecule has 0 aliphatic carbocycles. The van der Waals surface area contributed by atoms with Crippen molar-refractivity contribution in [3.05, 3.63) is 0 Å². The van der Waals surface area contributed by atoms with Gasteiger partial charge in [0, 0.05) is 54.0 Å². The summed E-state index contributed by atoms with van der Waals surface area (Å²) in [5, 5.41) is 9.12. The maximum Gasteiger partial charge on any atom is 0.227 e. The molecule has 0 bridgehead atoms. The lowest BCUT2D eigenvalue weighted by atomic mass is 9.92. The number of hydrogen-bond acceptors (Lipinski definition) is 4. The molecule has 8 heteroatoms. The summed E-state index contributed by atoms with van der Waals surface area (Å²) in [7, 11) is 7.18. The van der Waals surface area contributed by atoms with Gasteiger partial charge in [-0.05, 0) is 27.3 Å². The topological polar surface area (TPSA) is 78.0 Å². The quantitative estimate of drug-likeness (QED) is 0.199. The molecular weight excluding hydrogens is 409 g/mol. The zero-order valence-electron chi connectivity index (χ0n) is 15.4.